The van der Waals surface area contributed by atoms with Crippen molar-refractivity contribution in [3.63, 3.8) is 0 Å². The average Bonchev–Trinajstić information content (AvgIpc) is 3.74. The molecule has 0 amide bonds. The summed E-state index contributed by atoms with van der Waals surface area (Å²) < 4.78 is 46.1. The number of rotatable bonds is 4. The van der Waals surface area contributed by atoms with E-state index in [-0.39, 0.29) is 16.4 Å². The quantitative estimate of drug-likeness (QED) is 0.178. The molecule has 9 aromatic rings. The van der Waals surface area contributed by atoms with Crippen LogP contribution in [0.2, 0.25) is 0 Å². The zero-order chi connectivity index (χ0) is 42.3. The molecule has 0 radical (unpaired) electrons. The number of para-hydroxylation sites is 2. The maximum absolute atomic E-state index is 13.9. The lowest BCUT2D eigenvalue weighted by Crippen LogP contribution is -2.10. The molecule has 0 aliphatic carbocycles. The zero-order valence-corrected chi connectivity index (χ0v) is 34.2. The lowest BCUT2D eigenvalue weighted by molar-refractivity contribution is -0.137. The SMILES string of the molecule is CC(C)(C)c1ccc2c(c1)c1ccccc1n2-c1cc(C#N)ccc1-c1ccc(-c2ccc(C(F)(F)F)cc2C#N)cc1-n1c2ccccc2c2cc(C(C)(C)C)ccc21. The van der Waals surface area contributed by atoms with Gasteiger partial charge in [-0.25, -0.2) is 0 Å². The van der Waals surface area contributed by atoms with Crippen LogP contribution in [0.1, 0.15) is 69.4 Å². The molecule has 9 rings (SSSR count). The molecule has 4 nitrogen and oxygen atoms in total. The van der Waals surface area contributed by atoms with Crippen molar-refractivity contribution < 1.29 is 13.2 Å². The largest absolute Gasteiger partial charge is 0.416 e. The molecule has 0 atom stereocenters. The Hall–Kier alpha value is -7.09. The summed E-state index contributed by atoms with van der Waals surface area (Å²) in [5.74, 6) is 0. The van der Waals surface area contributed by atoms with Crippen LogP contribution in [0.15, 0.2) is 140 Å². The number of benzene rings is 7. The Kier molecular flexibility index (Phi) is 8.81. The van der Waals surface area contributed by atoms with Crippen molar-refractivity contribution in [2.24, 2.45) is 0 Å². The van der Waals surface area contributed by atoms with Gasteiger partial charge in [-0.2, -0.15) is 23.7 Å². The smallest absolute Gasteiger partial charge is 0.309 e. The number of alkyl halides is 3. The van der Waals surface area contributed by atoms with Crippen LogP contribution in [0.4, 0.5) is 13.2 Å². The molecule has 0 spiro atoms. The summed E-state index contributed by atoms with van der Waals surface area (Å²) in [6.07, 6.45) is -4.60. The minimum Gasteiger partial charge on any atom is -0.309 e. The molecule has 2 aromatic heterocycles. The van der Waals surface area contributed by atoms with Crippen LogP contribution < -0.4 is 0 Å². The highest BCUT2D eigenvalue weighted by Gasteiger charge is 2.31. The highest BCUT2D eigenvalue weighted by molar-refractivity contribution is 6.12. The highest BCUT2D eigenvalue weighted by atomic mass is 19.4. The maximum Gasteiger partial charge on any atom is 0.416 e. The topological polar surface area (TPSA) is 57.4 Å². The van der Waals surface area contributed by atoms with E-state index in [9.17, 15) is 23.7 Å². The van der Waals surface area contributed by atoms with Gasteiger partial charge in [0.05, 0.1) is 62.3 Å². The van der Waals surface area contributed by atoms with Crippen molar-refractivity contribution >= 4 is 43.6 Å². The van der Waals surface area contributed by atoms with E-state index >= 15 is 0 Å². The average molecular weight is 791 g/mol. The van der Waals surface area contributed by atoms with E-state index in [1.165, 1.54) is 17.2 Å². The van der Waals surface area contributed by atoms with Gasteiger partial charge in [-0.15, -0.1) is 0 Å². The normalized spacial score (nSPS) is 12.4. The van der Waals surface area contributed by atoms with Crippen LogP contribution in [0, 0.1) is 22.7 Å². The van der Waals surface area contributed by atoms with Crippen molar-refractivity contribution in [2.75, 3.05) is 0 Å². The molecule has 0 aliphatic heterocycles. The Bertz CT molecular complexity index is 3300. The molecule has 0 bridgehead atoms. The first-order valence-electron chi connectivity index (χ1n) is 20.0. The van der Waals surface area contributed by atoms with Gasteiger partial charge in [0.2, 0.25) is 0 Å². The van der Waals surface area contributed by atoms with Crippen molar-refractivity contribution in [1.29, 1.82) is 10.5 Å². The van der Waals surface area contributed by atoms with Gasteiger partial charge in [-0.05, 0) is 99.8 Å². The van der Waals surface area contributed by atoms with E-state index in [0.29, 0.717) is 16.7 Å². The molecule has 0 unspecified atom stereocenters. The van der Waals surface area contributed by atoms with Crippen LogP contribution in [-0.4, -0.2) is 9.13 Å². The second kappa shape index (κ2) is 13.8. The van der Waals surface area contributed by atoms with Crippen LogP contribution in [-0.2, 0) is 17.0 Å². The predicted molar refractivity (Wildman–Crippen MR) is 238 cm³/mol. The maximum atomic E-state index is 13.9. The summed E-state index contributed by atoms with van der Waals surface area (Å²) in [4.78, 5) is 0. The minimum atomic E-state index is -4.60. The minimum absolute atomic E-state index is 0.0699. The van der Waals surface area contributed by atoms with E-state index < -0.39 is 11.7 Å². The van der Waals surface area contributed by atoms with Crippen molar-refractivity contribution in [1.82, 2.24) is 9.13 Å². The standard InChI is InChI=1S/C53H41F3N4/c1-51(2,3)35-18-23-47-43(28-35)39-11-7-9-13-45(39)59(47)49-25-32(30-57)15-20-41(49)42-21-16-33(38-22-17-37(53(54,55)56)26-34(38)31-58)27-50(42)60-46-14-10-8-12-40(46)44-29-36(52(4,5)6)19-24-48(44)60/h7-29H,1-6H3. The van der Waals surface area contributed by atoms with Crippen LogP contribution >= 0.6 is 0 Å². The van der Waals surface area contributed by atoms with Gasteiger partial charge < -0.3 is 9.13 Å². The van der Waals surface area contributed by atoms with E-state index in [2.05, 4.69) is 117 Å². The first-order chi connectivity index (χ1) is 28.6. The fourth-order valence-electron chi connectivity index (χ4n) is 8.59. The number of nitriles is 2. The third-order valence-electron chi connectivity index (χ3n) is 11.8. The molecular formula is C53H41F3N4. The number of hydrogen-bond acceptors (Lipinski definition) is 2. The molecule has 7 heteroatoms. The van der Waals surface area contributed by atoms with Crippen molar-refractivity contribution in [2.45, 2.75) is 58.5 Å². The summed E-state index contributed by atoms with van der Waals surface area (Å²) in [6, 6.07) is 49.0. The summed E-state index contributed by atoms with van der Waals surface area (Å²) in [5.41, 5.74) is 9.91. The molecule has 0 fully saturated rings. The van der Waals surface area contributed by atoms with Gasteiger partial charge in [0, 0.05) is 32.7 Å². The second-order valence-corrected chi connectivity index (χ2v) is 17.6. The molecule has 0 saturated carbocycles. The Morgan fingerprint density at radius 1 is 0.433 bits per heavy atom. The summed E-state index contributed by atoms with van der Waals surface area (Å²) in [7, 11) is 0. The Balaban J connectivity index is 1.40. The zero-order valence-electron chi connectivity index (χ0n) is 34.2. The number of aromatic nitrogens is 2. The molecular weight excluding hydrogens is 750 g/mol. The summed E-state index contributed by atoms with van der Waals surface area (Å²) >= 11 is 0. The summed E-state index contributed by atoms with van der Waals surface area (Å²) in [6.45, 7) is 13.2. The van der Waals surface area contributed by atoms with E-state index in [1.807, 2.05) is 66.7 Å². The molecule has 2 heterocycles. The van der Waals surface area contributed by atoms with E-state index in [0.717, 1.165) is 78.2 Å². The molecule has 0 saturated heterocycles. The number of fused-ring (bicyclic) bond motifs is 6. The molecule has 0 N–H and O–H groups in total. The van der Waals surface area contributed by atoms with Crippen molar-refractivity contribution in [3.8, 4) is 45.8 Å². The van der Waals surface area contributed by atoms with Crippen molar-refractivity contribution in [3.05, 3.63) is 167 Å². The molecule has 294 valence electrons. The van der Waals surface area contributed by atoms with Gasteiger partial charge in [0.1, 0.15) is 0 Å². The monoisotopic (exact) mass is 790 g/mol. The molecule has 0 aliphatic rings. The van der Waals surface area contributed by atoms with Gasteiger partial charge in [-0.1, -0.05) is 114 Å². The van der Waals surface area contributed by atoms with Gasteiger partial charge in [-0.3, -0.25) is 0 Å². The van der Waals surface area contributed by atoms with E-state index in [1.54, 1.807) is 0 Å². The Morgan fingerprint density at radius 3 is 1.40 bits per heavy atom. The first kappa shape index (κ1) is 38.4. The van der Waals surface area contributed by atoms with Crippen LogP contribution in [0.3, 0.4) is 0 Å². The van der Waals surface area contributed by atoms with Gasteiger partial charge in [0.25, 0.3) is 0 Å². The third kappa shape index (κ3) is 6.30. The Labute approximate surface area is 347 Å². The number of hydrogen-bond donors (Lipinski definition) is 0. The lowest BCUT2D eigenvalue weighted by Gasteiger charge is -2.21. The Morgan fingerprint density at radius 2 is 0.900 bits per heavy atom. The highest BCUT2D eigenvalue weighted by Crippen LogP contribution is 2.44. The number of nitrogens with zero attached hydrogens (tertiary/aromatic N) is 4. The van der Waals surface area contributed by atoms with Crippen LogP contribution in [0.25, 0.3) is 77.2 Å². The first-order valence-corrected chi connectivity index (χ1v) is 20.0. The third-order valence-corrected chi connectivity index (χ3v) is 11.8. The lowest BCUT2D eigenvalue weighted by atomic mass is 9.86. The molecule has 7 aromatic carbocycles. The van der Waals surface area contributed by atoms with Gasteiger partial charge in [0.15, 0.2) is 0 Å². The second-order valence-electron chi connectivity index (χ2n) is 17.6. The van der Waals surface area contributed by atoms with Gasteiger partial charge >= 0.3 is 6.18 Å². The predicted octanol–water partition coefficient (Wildman–Crippen LogP) is 14.6. The number of halogens is 3. The van der Waals surface area contributed by atoms with Crippen LogP contribution in [0.5, 0.6) is 0 Å². The fraction of sp³-hybridized carbons (Fsp3) is 0.170. The molecule has 60 heavy (non-hydrogen) atoms. The fourth-order valence-corrected chi connectivity index (χ4v) is 8.59. The van der Waals surface area contributed by atoms with E-state index in [4.69, 9.17) is 0 Å². The summed E-state index contributed by atoms with van der Waals surface area (Å²) in [5, 5.41) is 24.8.